The molecule has 0 saturated heterocycles. The molecule has 0 saturated carbocycles. The number of aldehydes is 1. The molecule has 1 atom stereocenters. The minimum absolute atomic E-state index is 0.0197. The molecule has 0 heterocycles. The quantitative estimate of drug-likeness (QED) is 0.399. The summed E-state index contributed by atoms with van der Waals surface area (Å²) in [6.07, 6.45) is 0.598. The fraction of sp³-hybridized carbons (Fsp3) is 0.600. The number of carbonyl (C=O) groups is 2. The van der Waals surface area contributed by atoms with Crippen molar-refractivity contribution < 1.29 is 14.8 Å². The average Bonchev–Trinajstić information content (AvgIpc) is 1.82. The molecule has 0 fully saturated rings. The Morgan fingerprint density at radius 2 is 2.44 bits per heavy atom. The van der Waals surface area contributed by atoms with Gasteiger partial charge >= 0.3 is 0 Å². The SMILES string of the molecule is CC(=O)C(CC=O)NO. The summed E-state index contributed by atoms with van der Waals surface area (Å²) >= 11 is 0. The molecule has 0 bridgehead atoms. The van der Waals surface area contributed by atoms with Crippen LogP contribution >= 0.6 is 0 Å². The van der Waals surface area contributed by atoms with Gasteiger partial charge in [0.15, 0.2) is 0 Å². The highest BCUT2D eigenvalue weighted by molar-refractivity contribution is 5.83. The van der Waals surface area contributed by atoms with Crippen LogP contribution < -0.4 is 5.48 Å². The predicted molar refractivity (Wildman–Crippen MR) is 30.1 cm³/mol. The van der Waals surface area contributed by atoms with Gasteiger partial charge in [-0.15, -0.1) is 0 Å². The van der Waals surface area contributed by atoms with E-state index in [-0.39, 0.29) is 12.2 Å². The van der Waals surface area contributed by atoms with Crippen LogP contribution in [-0.4, -0.2) is 23.3 Å². The first kappa shape index (κ1) is 8.26. The Balaban J connectivity index is 3.67. The third-order valence-corrected chi connectivity index (χ3v) is 0.978. The number of hydroxylamine groups is 1. The maximum atomic E-state index is 10.4. The van der Waals surface area contributed by atoms with E-state index < -0.39 is 6.04 Å². The Kier molecular flexibility index (Phi) is 3.83. The van der Waals surface area contributed by atoms with Crippen molar-refractivity contribution in [2.45, 2.75) is 19.4 Å². The van der Waals surface area contributed by atoms with Crippen molar-refractivity contribution >= 4 is 12.1 Å². The van der Waals surface area contributed by atoms with E-state index in [0.29, 0.717) is 6.29 Å². The normalized spacial score (nSPS) is 12.7. The average molecular weight is 131 g/mol. The van der Waals surface area contributed by atoms with Crippen LogP contribution in [0.3, 0.4) is 0 Å². The minimum atomic E-state index is -0.734. The Labute approximate surface area is 52.8 Å². The largest absolute Gasteiger partial charge is 0.316 e. The van der Waals surface area contributed by atoms with Crippen molar-refractivity contribution in [2.24, 2.45) is 0 Å². The van der Waals surface area contributed by atoms with Crippen molar-refractivity contribution in [2.75, 3.05) is 0 Å². The zero-order valence-electron chi connectivity index (χ0n) is 5.13. The second-order valence-corrected chi connectivity index (χ2v) is 1.69. The van der Waals surface area contributed by atoms with Gasteiger partial charge in [-0.25, -0.2) is 0 Å². The van der Waals surface area contributed by atoms with Gasteiger partial charge in [-0.05, 0) is 6.92 Å². The minimum Gasteiger partial charge on any atom is -0.316 e. The molecule has 0 aromatic carbocycles. The van der Waals surface area contributed by atoms with Gasteiger partial charge in [0.2, 0.25) is 0 Å². The van der Waals surface area contributed by atoms with Crippen LogP contribution in [0, 0.1) is 0 Å². The topological polar surface area (TPSA) is 66.4 Å². The Morgan fingerprint density at radius 1 is 1.89 bits per heavy atom. The number of carbonyl (C=O) groups excluding carboxylic acids is 2. The summed E-state index contributed by atoms with van der Waals surface area (Å²) in [6, 6.07) is -0.734. The summed E-state index contributed by atoms with van der Waals surface area (Å²) in [6.45, 7) is 1.30. The molecule has 0 aromatic heterocycles. The highest BCUT2D eigenvalue weighted by Crippen LogP contribution is 1.87. The molecular weight excluding hydrogens is 122 g/mol. The second kappa shape index (κ2) is 4.17. The van der Waals surface area contributed by atoms with Crippen LogP contribution in [0.2, 0.25) is 0 Å². The summed E-state index contributed by atoms with van der Waals surface area (Å²) in [5.41, 5.74) is 1.72. The third kappa shape index (κ3) is 2.94. The lowest BCUT2D eigenvalue weighted by Gasteiger charge is -2.04. The van der Waals surface area contributed by atoms with E-state index in [2.05, 4.69) is 0 Å². The molecule has 0 radical (unpaired) electrons. The molecule has 4 nitrogen and oxygen atoms in total. The monoisotopic (exact) mass is 131 g/mol. The van der Waals surface area contributed by atoms with Crippen LogP contribution in [0.5, 0.6) is 0 Å². The van der Waals surface area contributed by atoms with E-state index in [9.17, 15) is 9.59 Å². The summed E-state index contributed by atoms with van der Waals surface area (Å²) < 4.78 is 0. The fourth-order valence-electron chi connectivity index (χ4n) is 0.406. The van der Waals surface area contributed by atoms with Gasteiger partial charge in [-0.2, -0.15) is 5.48 Å². The van der Waals surface area contributed by atoms with E-state index in [0.717, 1.165) is 0 Å². The van der Waals surface area contributed by atoms with E-state index in [1.807, 2.05) is 0 Å². The molecule has 0 spiro atoms. The standard InChI is InChI=1S/C5H9NO3/c1-4(8)5(6-9)2-3-7/h3,5-6,9H,2H2,1H3. The molecule has 4 heteroatoms. The number of hydrogen-bond acceptors (Lipinski definition) is 4. The molecule has 0 rings (SSSR count). The van der Waals surface area contributed by atoms with Gasteiger partial charge in [-0.1, -0.05) is 0 Å². The number of ketones is 1. The number of rotatable bonds is 4. The van der Waals surface area contributed by atoms with Crippen LogP contribution in [0.1, 0.15) is 13.3 Å². The zero-order chi connectivity index (χ0) is 7.28. The molecule has 2 N–H and O–H groups in total. The van der Waals surface area contributed by atoms with Gasteiger partial charge in [0.05, 0.1) is 6.04 Å². The van der Waals surface area contributed by atoms with Gasteiger partial charge in [0, 0.05) is 6.42 Å². The third-order valence-electron chi connectivity index (χ3n) is 0.978. The van der Waals surface area contributed by atoms with E-state index >= 15 is 0 Å². The van der Waals surface area contributed by atoms with Crippen molar-refractivity contribution in [1.82, 2.24) is 5.48 Å². The lowest BCUT2D eigenvalue weighted by molar-refractivity contribution is -0.123. The van der Waals surface area contributed by atoms with E-state index in [1.54, 1.807) is 5.48 Å². The Hall–Kier alpha value is -0.740. The molecule has 0 aliphatic rings. The highest BCUT2D eigenvalue weighted by atomic mass is 16.5. The number of nitrogens with one attached hydrogen (secondary N) is 1. The molecule has 0 amide bonds. The molecule has 52 valence electrons. The first-order valence-electron chi connectivity index (χ1n) is 2.56. The maximum absolute atomic E-state index is 10.4. The molecular formula is C5H9NO3. The zero-order valence-corrected chi connectivity index (χ0v) is 5.13. The van der Waals surface area contributed by atoms with Crippen LogP contribution in [0.4, 0.5) is 0 Å². The first-order valence-corrected chi connectivity index (χ1v) is 2.56. The molecule has 0 aliphatic heterocycles. The molecule has 0 aliphatic carbocycles. The number of Topliss-reactive ketones (excluding diaryl/α,β-unsaturated/α-hetero) is 1. The lowest BCUT2D eigenvalue weighted by atomic mass is 10.2. The Bertz CT molecular complexity index is 113. The van der Waals surface area contributed by atoms with Crippen LogP contribution in [-0.2, 0) is 9.59 Å². The summed E-state index contributed by atoms with van der Waals surface area (Å²) in [5, 5.41) is 8.20. The number of hydrogen-bond donors (Lipinski definition) is 2. The van der Waals surface area contributed by atoms with E-state index in [1.165, 1.54) is 6.92 Å². The van der Waals surface area contributed by atoms with Gasteiger partial charge in [-0.3, -0.25) is 4.79 Å². The van der Waals surface area contributed by atoms with Gasteiger partial charge in [0.1, 0.15) is 12.1 Å². The van der Waals surface area contributed by atoms with Gasteiger partial charge in [0.25, 0.3) is 0 Å². The molecule has 1 unspecified atom stereocenters. The smallest absolute Gasteiger partial charge is 0.149 e. The van der Waals surface area contributed by atoms with Crippen molar-refractivity contribution in [3.05, 3.63) is 0 Å². The highest BCUT2D eigenvalue weighted by Gasteiger charge is 2.10. The fourth-order valence-corrected chi connectivity index (χ4v) is 0.406. The Morgan fingerprint density at radius 3 is 2.56 bits per heavy atom. The maximum Gasteiger partial charge on any atom is 0.149 e. The first-order chi connectivity index (χ1) is 4.22. The van der Waals surface area contributed by atoms with Crippen LogP contribution in [0.15, 0.2) is 0 Å². The summed E-state index contributed by atoms with van der Waals surface area (Å²) in [7, 11) is 0. The van der Waals surface area contributed by atoms with Crippen molar-refractivity contribution in [3.8, 4) is 0 Å². The lowest BCUT2D eigenvalue weighted by Crippen LogP contribution is -2.32. The summed E-state index contributed by atoms with van der Waals surface area (Å²) in [5.74, 6) is -0.246. The molecule has 0 aromatic rings. The summed E-state index contributed by atoms with van der Waals surface area (Å²) in [4.78, 5) is 20.2. The second-order valence-electron chi connectivity index (χ2n) is 1.69. The van der Waals surface area contributed by atoms with Crippen molar-refractivity contribution in [1.29, 1.82) is 0 Å². The van der Waals surface area contributed by atoms with Crippen molar-refractivity contribution in [3.63, 3.8) is 0 Å². The predicted octanol–water partition coefficient (Wildman–Crippen LogP) is -0.488. The van der Waals surface area contributed by atoms with Gasteiger partial charge < -0.3 is 10.0 Å². The molecule has 9 heavy (non-hydrogen) atoms. The van der Waals surface area contributed by atoms with Crippen LogP contribution in [0.25, 0.3) is 0 Å². The van der Waals surface area contributed by atoms with E-state index in [4.69, 9.17) is 5.21 Å².